The van der Waals surface area contributed by atoms with E-state index in [4.69, 9.17) is 0 Å². The van der Waals surface area contributed by atoms with Crippen molar-refractivity contribution in [2.24, 2.45) is 0 Å². The number of likely N-dealkylation sites (N-methyl/N-ethyl adjacent to an activating group) is 1. The minimum absolute atomic E-state index is 0.137. The van der Waals surface area contributed by atoms with Crippen LogP contribution in [0.15, 0.2) is 42.0 Å². The van der Waals surface area contributed by atoms with E-state index in [9.17, 15) is 10.1 Å². The van der Waals surface area contributed by atoms with E-state index in [1.807, 2.05) is 56.3 Å². The number of benzene rings is 1. The highest BCUT2D eigenvalue weighted by Crippen LogP contribution is 2.22. The average molecular weight is 293 g/mol. The van der Waals surface area contributed by atoms with E-state index in [0.29, 0.717) is 0 Å². The first-order valence-electron chi connectivity index (χ1n) is 7.03. The zero-order valence-electron chi connectivity index (χ0n) is 13.3. The minimum atomic E-state index is -0.285. The second kappa shape index (κ2) is 6.31. The van der Waals surface area contributed by atoms with Gasteiger partial charge >= 0.3 is 0 Å². The van der Waals surface area contributed by atoms with Crippen LogP contribution < -0.4 is 0 Å². The summed E-state index contributed by atoms with van der Waals surface area (Å²) < 4.78 is 2.11. The van der Waals surface area contributed by atoms with Crippen molar-refractivity contribution in [3.05, 3.63) is 58.9 Å². The van der Waals surface area contributed by atoms with Crippen LogP contribution in [0.5, 0.6) is 0 Å². The summed E-state index contributed by atoms with van der Waals surface area (Å²) in [5.74, 6) is -0.285. The van der Waals surface area contributed by atoms with Gasteiger partial charge in [0.2, 0.25) is 0 Å². The number of carbonyl (C=O) groups excluding carboxylic acids is 1. The summed E-state index contributed by atoms with van der Waals surface area (Å²) in [4.78, 5) is 13.4. The van der Waals surface area contributed by atoms with Crippen molar-refractivity contribution in [2.45, 2.75) is 13.8 Å². The van der Waals surface area contributed by atoms with E-state index in [1.165, 1.54) is 4.90 Å². The molecule has 1 heterocycles. The number of nitriles is 1. The largest absolute Gasteiger partial charge is 0.344 e. The molecule has 4 heteroatoms. The summed E-state index contributed by atoms with van der Waals surface area (Å²) in [7, 11) is 3.28. The van der Waals surface area contributed by atoms with E-state index >= 15 is 0 Å². The van der Waals surface area contributed by atoms with Crippen molar-refractivity contribution in [1.82, 2.24) is 9.47 Å². The number of carbonyl (C=O) groups is 1. The molecule has 0 radical (unpaired) electrons. The quantitative estimate of drug-likeness (QED) is 0.645. The molecule has 1 aromatic carbocycles. The summed E-state index contributed by atoms with van der Waals surface area (Å²) in [5.41, 5.74) is 4.15. The van der Waals surface area contributed by atoms with E-state index in [-0.39, 0.29) is 11.5 Å². The van der Waals surface area contributed by atoms with Crippen LogP contribution in [0.1, 0.15) is 17.0 Å². The lowest BCUT2D eigenvalue weighted by atomic mass is 10.1. The molecule has 112 valence electrons. The molecule has 22 heavy (non-hydrogen) atoms. The molecule has 4 nitrogen and oxygen atoms in total. The standard InChI is InChI=1S/C18H19N3O/c1-13-10-15(11-16(12-19)18(22)20(3)4)14(2)21(13)17-8-6-5-7-9-17/h5-11H,1-4H3/b16-11-. The summed E-state index contributed by atoms with van der Waals surface area (Å²) in [6, 6.07) is 14.0. The Morgan fingerprint density at radius 2 is 1.86 bits per heavy atom. The topological polar surface area (TPSA) is 49.0 Å². The van der Waals surface area contributed by atoms with Gasteiger partial charge in [-0.3, -0.25) is 4.79 Å². The second-order valence-corrected chi connectivity index (χ2v) is 5.37. The zero-order chi connectivity index (χ0) is 16.3. The molecule has 0 spiro atoms. The third kappa shape index (κ3) is 2.94. The molecule has 0 atom stereocenters. The molecule has 0 fully saturated rings. The van der Waals surface area contributed by atoms with Gasteiger partial charge in [-0.25, -0.2) is 0 Å². The summed E-state index contributed by atoms with van der Waals surface area (Å²) >= 11 is 0. The van der Waals surface area contributed by atoms with Crippen molar-refractivity contribution < 1.29 is 4.79 Å². The number of para-hydroxylation sites is 1. The Bertz CT molecular complexity index is 762. The monoisotopic (exact) mass is 293 g/mol. The van der Waals surface area contributed by atoms with Gasteiger partial charge in [-0.1, -0.05) is 18.2 Å². The van der Waals surface area contributed by atoms with Crippen molar-refractivity contribution in [3.8, 4) is 11.8 Å². The van der Waals surface area contributed by atoms with Gasteiger partial charge in [0.1, 0.15) is 11.6 Å². The third-order valence-electron chi connectivity index (χ3n) is 3.54. The van der Waals surface area contributed by atoms with Gasteiger partial charge in [0.05, 0.1) is 0 Å². The highest BCUT2D eigenvalue weighted by Gasteiger charge is 2.14. The van der Waals surface area contributed by atoms with Gasteiger partial charge in [0.15, 0.2) is 0 Å². The predicted molar refractivity (Wildman–Crippen MR) is 87.5 cm³/mol. The fraction of sp³-hybridized carbons (Fsp3) is 0.222. The van der Waals surface area contributed by atoms with Gasteiger partial charge in [0.25, 0.3) is 5.91 Å². The molecular formula is C18H19N3O. The van der Waals surface area contributed by atoms with Crippen LogP contribution in [0.3, 0.4) is 0 Å². The van der Waals surface area contributed by atoms with Crippen molar-refractivity contribution >= 4 is 12.0 Å². The second-order valence-electron chi connectivity index (χ2n) is 5.37. The number of hydrogen-bond acceptors (Lipinski definition) is 2. The van der Waals surface area contributed by atoms with E-state index in [1.54, 1.807) is 20.2 Å². The molecule has 2 aromatic rings. The predicted octanol–water partition coefficient (Wildman–Crippen LogP) is 3.09. The number of aryl methyl sites for hydroxylation is 1. The molecule has 2 rings (SSSR count). The van der Waals surface area contributed by atoms with Crippen LogP contribution in [-0.4, -0.2) is 29.5 Å². The molecular weight excluding hydrogens is 274 g/mol. The smallest absolute Gasteiger partial charge is 0.264 e. The highest BCUT2D eigenvalue weighted by atomic mass is 16.2. The molecule has 0 saturated carbocycles. The first-order valence-corrected chi connectivity index (χ1v) is 7.03. The fourth-order valence-electron chi connectivity index (χ4n) is 2.45. The number of aromatic nitrogens is 1. The maximum absolute atomic E-state index is 12.0. The number of nitrogens with zero attached hydrogens (tertiary/aromatic N) is 3. The zero-order valence-corrected chi connectivity index (χ0v) is 13.3. The fourth-order valence-corrected chi connectivity index (χ4v) is 2.45. The molecule has 1 aromatic heterocycles. The molecule has 0 aliphatic heterocycles. The molecule has 0 aliphatic rings. The van der Waals surface area contributed by atoms with Gasteiger partial charge < -0.3 is 9.47 Å². The van der Waals surface area contributed by atoms with Crippen LogP contribution in [0.4, 0.5) is 0 Å². The van der Waals surface area contributed by atoms with Crippen LogP contribution >= 0.6 is 0 Å². The Kier molecular flexibility index (Phi) is 4.47. The van der Waals surface area contributed by atoms with Crippen LogP contribution in [0.25, 0.3) is 11.8 Å². The maximum Gasteiger partial charge on any atom is 0.264 e. The lowest BCUT2D eigenvalue weighted by Crippen LogP contribution is -2.22. The normalized spacial score (nSPS) is 11.1. The third-order valence-corrected chi connectivity index (χ3v) is 3.54. The van der Waals surface area contributed by atoms with Gasteiger partial charge in [-0.2, -0.15) is 5.26 Å². The van der Waals surface area contributed by atoms with E-state index in [2.05, 4.69) is 4.57 Å². The van der Waals surface area contributed by atoms with Gasteiger partial charge in [-0.15, -0.1) is 0 Å². The van der Waals surface area contributed by atoms with Crippen LogP contribution in [-0.2, 0) is 4.79 Å². The van der Waals surface area contributed by atoms with Crippen LogP contribution in [0.2, 0.25) is 0 Å². The summed E-state index contributed by atoms with van der Waals surface area (Å²) in [6.07, 6.45) is 1.66. The first kappa shape index (κ1) is 15.6. The Balaban J connectivity index is 2.52. The average Bonchev–Trinajstić information content (AvgIpc) is 2.79. The number of rotatable bonds is 3. The first-order chi connectivity index (χ1) is 10.5. The van der Waals surface area contributed by atoms with E-state index < -0.39 is 0 Å². The van der Waals surface area contributed by atoms with Crippen LogP contribution in [0, 0.1) is 25.2 Å². The molecule has 0 N–H and O–H groups in total. The summed E-state index contributed by atoms with van der Waals surface area (Å²) in [6.45, 7) is 4.00. The molecule has 0 unspecified atom stereocenters. The Morgan fingerprint density at radius 3 is 2.41 bits per heavy atom. The van der Waals surface area contributed by atoms with Gasteiger partial charge in [-0.05, 0) is 43.7 Å². The Hall–Kier alpha value is -2.80. The minimum Gasteiger partial charge on any atom is -0.344 e. The molecule has 0 saturated heterocycles. The lowest BCUT2D eigenvalue weighted by molar-refractivity contribution is -0.124. The highest BCUT2D eigenvalue weighted by molar-refractivity contribution is 6.01. The van der Waals surface area contributed by atoms with E-state index in [0.717, 1.165) is 22.6 Å². The summed E-state index contributed by atoms with van der Waals surface area (Å²) in [5, 5.41) is 9.22. The number of hydrogen-bond donors (Lipinski definition) is 0. The SMILES string of the molecule is Cc1cc(/C=C(/C#N)C(=O)N(C)C)c(C)n1-c1ccccc1. The number of amides is 1. The van der Waals surface area contributed by atoms with Crippen molar-refractivity contribution in [3.63, 3.8) is 0 Å². The van der Waals surface area contributed by atoms with Crippen molar-refractivity contribution in [1.29, 1.82) is 5.26 Å². The van der Waals surface area contributed by atoms with Crippen molar-refractivity contribution in [2.75, 3.05) is 14.1 Å². The molecule has 1 amide bonds. The molecule has 0 aliphatic carbocycles. The maximum atomic E-state index is 12.0. The Labute approximate surface area is 130 Å². The Morgan fingerprint density at radius 1 is 1.23 bits per heavy atom. The lowest BCUT2D eigenvalue weighted by Gasteiger charge is -2.10. The molecule has 0 bridgehead atoms. The van der Waals surface area contributed by atoms with Gasteiger partial charge in [0, 0.05) is 31.2 Å².